The highest BCUT2D eigenvalue weighted by molar-refractivity contribution is 7.80. The minimum atomic E-state index is -1.50. The summed E-state index contributed by atoms with van der Waals surface area (Å²) in [6.45, 7) is -0.522. The molecule has 2 aliphatic rings. The van der Waals surface area contributed by atoms with Crippen molar-refractivity contribution < 1.29 is 34.6 Å². The van der Waals surface area contributed by atoms with Crippen LogP contribution in [0.3, 0.4) is 0 Å². The molecule has 0 radical (unpaired) electrons. The van der Waals surface area contributed by atoms with Gasteiger partial charge in [0.15, 0.2) is 5.11 Å². The summed E-state index contributed by atoms with van der Waals surface area (Å²) in [5, 5.41) is 42.9. The Morgan fingerprint density at radius 3 is 2.52 bits per heavy atom. The standard InChI is InChI=1S/C23H26N2O7S/c1-30-15-4-2-3-13(9-15)17-10-16(24-23(33)25-17)12-5-7-14(8-6-12)31-22-21(29)20(28)19(27)18(11-26)32-22/h2-9,17-22,26-29H,10-11H2,1H3,(H,25,33)/t17?,18-,19-,20+,21-,22-/m1/s1. The third-order valence-electron chi connectivity index (χ3n) is 5.72. The van der Waals surface area contributed by atoms with Crippen LogP contribution < -0.4 is 14.8 Å². The molecule has 0 aliphatic carbocycles. The fourth-order valence-corrected chi connectivity index (χ4v) is 4.11. The second-order valence-corrected chi connectivity index (χ2v) is 8.27. The Morgan fingerprint density at radius 2 is 1.82 bits per heavy atom. The highest BCUT2D eigenvalue weighted by atomic mass is 32.1. The molecule has 33 heavy (non-hydrogen) atoms. The van der Waals surface area contributed by atoms with Crippen LogP contribution in [0.25, 0.3) is 0 Å². The molecule has 0 bridgehead atoms. The van der Waals surface area contributed by atoms with Crippen LogP contribution in [-0.2, 0) is 4.74 Å². The Kier molecular flexibility index (Phi) is 7.23. The van der Waals surface area contributed by atoms with Gasteiger partial charge in [-0.3, -0.25) is 0 Å². The maximum atomic E-state index is 10.2. The van der Waals surface area contributed by atoms with Crippen LogP contribution in [0.4, 0.5) is 0 Å². The van der Waals surface area contributed by atoms with Crippen LogP contribution in [0, 0.1) is 0 Å². The molecule has 1 saturated heterocycles. The molecule has 0 aromatic heterocycles. The average molecular weight is 475 g/mol. The van der Waals surface area contributed by atoms with E-state index in [2.05, 4.69) is 10.3 Å². The number of rotatable bonds is 6. The van der Waals surface area contributed by atoms with E-state index in [1.54, 1.807) is 19.2 Å². The van der Waals surface area contributed by atoms with Gasteiger partial charge in [0.2, 0.25) is 6.29 Å². The number of ether oxygens (including phenoxy) is 3. The summed E-state index contributed by atoms with van der Waals surface area (Å²) >= 11 is 5.35. The first-order chi connectivity index (χ1) is 15.9. The largest absolute Gasteiger partial charge is 0.497 e. The summed E-state index contributed by atoms with van der Waals surface area (Å²) in [6, 6.07) is 14.7. The fraction of sp³-hybridized carbons (Fsp3) is 0.391. The van der Waals surface area contributed by atoms with Crippen LogP contribution in [0.15, 0.2) is 53.5 Å². The summed E-state index contributed by atoms with van der Waals surface area (Å²) in [5.41, 5.74) is 2.70. The van der Waals surface area contributed by atoms with E-state index in [9.17, 15) is 20.4 Å². The lowest BCUT2D eigenvalue weighted by Gasteiger charge is -2.39. The third kappa shape index (κ3) is 5.16. The van der Waals surface area contributed by atoms with Crippen LogP contribution in [0.1, 0.15) is 23.6 Å². The number of nitrogens with zero attached hydrogens (tertiary/aromatic N) is 1. The lowest BCUT2D eigenvalue weighted by molar-refractivity contribution is -0.277. The second kappa shape index (κ2) is 10.1. The van der Waals surface area contributed by atoms with Crippen molar-refractivity contribution >= 4 is 23.0 Å². The van der Waals surface area contributed by atoms with Crippen LogP contribution in [0.2, 0.25) is 0 Å². The first-order valence-electron chi connectivity index (χ1n) is 10.5. The Hall–Kier alpha value is -2.60. The van der Waals surface area contributed by atoms with Gasteiger partial charge in [-0.1, -0.05) is 12.1 Å². The lowest BCUT2D eigenvalue weighted by Crippen LogP contribution is -2.60. The van der Waals surface area contributed by atoms with Gasteiger partial charge in [0.05, 0.1) is 25.5 Å². The minimum absolute atomic E-state index is 0.0508. The van der Waals surface area contributed by atoms with Gasteiger partial charge in [-0.05, 0) is 59.7 Å². The minimum Gasteiger partial charge on any atom is -0.497 e. The monoisotopic (exact) mass is 474 g/mol. The average Bonchev–Trinajstić information content (AvgIpc) is 2.84. The molecule has 4 rings (SSSR count). The van der Waals surface area contributed by atoms with Crippen molar-refractivity contribution in [2.75, 3.05) is 13.7 Å². The van der Waals surface area contributed by atoms with E-state index in [1.165, 1.54) is 0 Å². The maximum absolute atomic E-state index is 10.2. The first kappa shape index (κ1) is 23.6. The molecule has 1 unspecified atom stereocenters. The molecule has 2 aromatic rings. The van der Waals surface area contributed by atoms with Crippen LogP contribution in [0.5, 0.6) is 11.5 Å². The van der Waals surface area contributed by atoms with E-state index in [1.807, 2.05) is 36.4 Å². The van der Waals surface area contributed by atoms with Gasteiger partial charge < -0.3 is 40.0 Å². The third-order valence-corrected chi connectivity index (χ3v) is 5.93. The number of hydrogen-bond donors (Lipinski definition) is 5. The number of hydrogen-bond acceptors (Lipinski definition) is 8. The van der Waals surface area contributed by atoms with Crippen molar-refractivity contribution in [1.82, 2.24) is 5.32 Å². The highest BCUT2D eigenvalue weighted by Crippen LogP contribution is 2.28. The Morgan fingerprint density at radius 1 is 1.06 bits per heavy atom. The quantitative estimate of drug-likeness (QED) is 0.383. The van der Waals surface area contributed by atoms with Gasteiger partial charge in [-0.25, -0.2) is 4.99 Å². The molecule has 1 fully saturated rings. The van der Waals surface area contributed by atoms with Gasteiger partial charge in [0.1, 0.15) is 35.9 Å². The van der Waals surface area contributed by atoms with E-state index in [4.69, 9.17) is 26.4 Å². The van der Waals surface area contributed by atoms with Crippen LogP contribution >= 0.6 is 12.2 Å². The zero-order chi connectivity index (χ0) is 23.5. The summed E-state index contributed by atoms with van der Waals surface area (Å²) < 4.78 is 16.4. The SMILES string of the molecule is COc1cccc(C2CC(c3ccc(O[C@@H]4O[C@H](CO)[C@@H](O)[C@H](O)[C@H]4O)cc3)=NC(=S)N2)c1. The van der Waals surface area contributed by atoms with E-state index >= 15 is 0 Å². The molecule has 176 valence electrons. The normalized spacial score (nSPS) is 29.7. The summed E-state index contributed by atoms with van der Waals surface area (Å²) in [4.78, 5) is 4.48. The van der Waals surface area contributed by atoms with E-state index < -0.39 is 37.3 Å². The Bertz CT molecular complexity index is 1010. The summed E-state index contributed by atoms with van der Waals surface area (Å²) in [6.07, 6.45) is -6.08. The molecule has 10 heteroatoms. The van der Waals surface area contributed by atoms with Crippen LogP contribution in [-0.4, -0.2) is 75.7 Å². The number of nitrogens with one attached hydrogen (secondary N) is 1. The molecule has 2 aromatic carbocycles. The van der Waals surface area contributed by atoms with Crippen molar-refractivity contribution in [3.8, 4) is 11.5 Å². The van der Waals surface area contributed by atoms with Gasteiger partial charge in [-0.15, -0.1) is 0 Å². The predicted octanol–water partition coefficient (Wildman–Crippen LogP) is 0.682. The topological polar surface area (TPSA) is 133 Å². The van der Waals surface area contributed by atoms with Crippen molar-refractivity contribution in [3.05, 3.63) is 59.7 Å². The van der Waals surface area contributed by atoms with Crippen molar-refractivity contribution in [2.45, 2.75) is 43.2 Å². The number of aliphatic hydroxyl groups excluding tert-OH is 4. The molecule has 6 atom stereocenters. The summed E-state index contributed by atoms with van der Waals surface area (Å²) in [5.74, 6) is 1.14. The molecular weight excluding hydrogens is 448 g/mol. The molecule has 5 N–H and O–H groups in total. The molecule has 0 saturated carbocycles. The number of benzene rings is 2. The molecule has 9 nitrogen and oxygen atoms in total. The Balaban J connectivity index is 1.47. The molecule has 0 amide bonds. The zero-order valence-corrected chi connectivity index (χ0v) is 18.7. The fourth-order valence-electron chi connectivity index (χ4n) is 3.86. The molecule has 2 aliphatic heterocycles. The van der Waals surface area contributed by atoms with Gasteiger partial charge >= 0.3 is 0 Å². The van der Waals surface area contributed by atoms with E-state index in [-0.39, 0.29) is 6.04 Å². The second-order valence-electron chi connectivity index (χ2n) is 7.88. The maximum Gasteiger partial charge on any atom is 0.229 e. The predicted molar refractivity (Wildman–Crippen MR) is 123 cm³/mol. The van der Waals surface area contributed by atoms with Gasteiger partial charge in [-0.2, -0.15) is 0 Å². The molecule has 2 heterocycles. The van der Waals surface area contributed by atoms with Crippen molar-refractivity contribution in [3.63, 3.8) is 0 Å². The lowest BCUT2D eigenvalue weighted by atomic mass is 9.96. The Labute approximate surface area is 196 Å². The number of methoxy groups -OCH3 is 1. The highest BCUT2D eigenvalue weighted by Gasteiger charge is 2.44. The van der Waals surface area contributed by atoms with Gasteiger partial charge in [0.25, 0.3) is 0 Å². The van der Waals surface area contributed by atoms with E-state index in [0.29, 0.717) is 17.3 Å². The van der Waals surface area contributed by atoms with E-state index in [0.717, 1.165) is 22.6 Å². The number of aliphatic hydroxyl groups is 4. The molecule has 0 spiro atoms. The summed E-state index contributed by atoms with van der Waals surface area (Å²) in [7, 11) is 1.62. The zero-order valence-electron chi connectivity index (χ0n) is 17.9. The van der Waals surface area contributed by atoms with Crippen molar-refractivity contribution in [2.24, 2.45) is 4.99 Å². The van der Waals surface area contributed by atoms with Gasteiger partial charge in [0, 0.05) is 6.42 Å². The number of aliphatic imine (C=N–C) groups is 1. The van der Waals surface area contributed by atoms with Crippen molar-refractivity contribution in [1.29, 1.82) is 0 Å². The smallest absolute Gasteiger partial charge is 0.229 e. The number of thiocarbonyl (C=S) groups is 1. The molecular formula is C23H26N2O7S. The first-order valence-corrected chi connectivity index (χ1v) is 10.9.